The summed E-state index contributed by atoms with van der Waals surface area (Å²) in [6, 6.07) is 10.6. The van der Waals surface area contributed by atoms with Crippen molar-refractivity contribution in [2.75, 3.05) is 5.32 Å². The molecule has 0 aliphatic heterocycles. The summed E-state index contributed by atoms with van der Waals surface area (Å²) in [6.07, 6.45) is 5.74. The Hall–Kier alpha value is -2.47. The summed E-state index contributed by atoms with van der Waals surface area (Å²) >= 11 is 0. The zero-order valence-corrected chi connectivity index (χ0v) is 15.7. The van der Waals surface area contributed by atoms with Gasteiger partial charge in [-0.05, 0) is 69.7 Å². The van der Waals surface area contributed by atoms with Crippen molar-refractivity contribution < 1.29 is 9.50 Å². The Bertz CT molecular complexity index is 939. The fourth-order valence-corrected chi connectivity index (χ4v) is 3.95. The van der Waals surface area contributed by atoms with Gasteiger partial charge in [0.2, 0.25) is 0 Å². The lowest BCUT2D eigenvalue weighted by molar-refractivity contribution is -0.000405. The number of anilines is 1. The molecule has 0 spiro atoms. The fourth-order valence-electron chi connectivity index (χ4n) is 3.95. The van der Waals surface area contributed by atoms with Crippen LogP contribution in [0.5, 0.6) is 0 Å². The Morgan fingerprint density at radius 2 is 1.93 bits per heavy atom. The number of aliphatic hydroxyl groups is 1. The maximum absolute atomic E-state index is 13.6. The molecular weight excluding hydrogens is 343 g/mol. The van der Waals surface area contributed by atoms with Crippen molar-refractivity contribution in [3.8, 4) is 11.3 Å². The molecule has 0 atom stereocenters. The summed E-state index contributed by atoms with van der Waals surface area (Å²) < 4.78 is 15.3. The lowest BCUT2D eigenvalue weighted by atomic mass is 9.77. The summed E-state index contributed by atoms with van der Waals surface area (Å²) in [5.74, 6) is 0.851. The molecule has 1 aromatic carbocycles. The highest BCUT2D eigenvalue weighted by atomic mass is 19.1. The molecule has 3 aromatic rings. The number of hydrogen-bond acceptors (Lipinski definition) is 4. The Balaban J connectivity index is 1.53. The molecule has 4 rings (SSSR count). The molecule has 0 radical (unpaired) electrons. The van der Waals surface area contributed by atoms with Crippen molar-refractivity contribution in [1.82, 2.24) is 14.6 Å². The molecule has 27 heavy (non-hydrogen) atoms. The largest absolute Gasteiger partial charge is 0.390 e. The highest BCUT2D eigenvalue weighted by Crippen LogP contribution is 2.33. The third kappa shape index (κ3) is 3.81. The van der Waals surface area contributed by atoms with Crippen LogP contribution in [0.25, 0.3) is 16.9 Å². The number of halogens is 1. The van der Waals surface area contributed by atoms with E-state index in [-0.39, 0.29) is 5.82 Å². The third-order valence-corrected chi connectivity index (χ3v) is 5.56. The summed E-state index contributed by atoms with van der Waals surface area (Å²) in [5.41, 5.74) is 1.63. The van der Waals surface area contributed by atoms with Crippen molar-refractivity contribution in [2.24, 2.45) is 5.92 Å². The van der Waals surface area contributed by atoms with Gasteiger partial charge in [-0.1, -0.05) is 12.1 Å². The summed E-state index contributed by atoms with van der Waals surface area (Å²) in [6.45, 7) is 3.79. The highest BCUT2D eigenvalue weighted by molar-refractivity contribution is 5.63. The molecule has 1 aliphatic carbocycles. The third-order valence-electron chi connectivity index (χ3n) is 5.56. The number of imidazole rings is 1. The molecule has 2 N–H and O–H groups in total. The topological polar surface area (TPSA) is 62.5 Å². The first-order valence-corrected chi connectivity index (χ1v) is 9.50. The Morgan fingerprint density at radius 3 is 2.63 bits per heavy atom. The van der Waals surface area contributed by atoms with Crippen LogP contribution in [0, 0.1) is 11.7 Å². The molecule has 1 saturated carbocycles. The van der Waals surface area contributed by atoms with Crippen LogP contribution >= 0.6 is 0 Å². The molecule has 5 nitrogen and oxygen atoms in total. The maximum atomic E-state index is 13.6. The lowest BCUT2D eigenvalue weighted by Crippen LogP contribution is -2.37. The monoisotopic (exact) mass is 368 g/mol. The van der Waals surface area contributed by atoms with E-state index in [1.807, 2.05) is 32.0 Å². The van der Waals surface area contributed by atoms with Crippen molar-refractivity contribution >= 4 is 11.5 Å². The van der Waals surface area contributed by atoms with E-state index >= 15 is 0 Å². The van der Waals surface area contributed by atoms with Gasteiger partial charge in [-0.15, -0.1) is 5.10 Å². The van der Waals surface area contributed by atoms with Crippen LogP contribution in [0.15, 0.2) is 42.6 Å². The van der Waals surface area contributed by atoms with E-state index < -0.39 is 5.60 Å². The Kier molecular flexibility index (Phi) is 4.60. The van der Waals surface area contributed by atoms with Crippen molar-refractivity contribution in [3.05, 3.63) is 48.4 Å². The standard InChI is InChI=1S/C21H25FN4O/c1-21(2,27)15-6-8-17(9-7-15)24-19-10-11-20-23-13-18(26(20)25-19)14-4-3-5-16(22)12-14/h3-5,10-13,15,17,27H,6-9H2,1-2H3,(H,24,25)/t15-,17-. The molecule has 0 unspecified atom stereocenters. The number of aromatic nitrogens is 3. The van der Waals surface area contributed by atoms with Gasteiger partial charge in [0.1, 0.15) is 11.6 Å². The van der Waals surface area contributed by atoms with Gasteiger partial charge in [0, 0.05) is 11.6 Å². The molecular formula is C21H25FN4O. The molecule has 0 bridgehead atoms. The second-order valence-electron chi connectivity index (χ2n) is 7.99. The molecule has 0 amide bonds. The zero-order valence-electron chi connectivity index (χ0n) is 15.7. The van der Waals surface area contributed by atoms with Gasteiger partial charge in [-0.2, -0.15) is 0 Å². The Morgan fingerprint density at radius 1 is 1.15 bits per heavy atom. The van der Waals surface area contributed by atoms with Crippen LogP contribution in [-0.4, -0.2) is 31.3 Å². The molecule has 1 fully saturated rings. The van der Waals surface area contributed by atoms with E-state index in [9.17, 15) is 9.50 Å². The number of nitrogens with one attached hydrogen (secondary N) is 1. The van der Waals surface area contributed by atoms with Crippen LogP contribution in [0.1, 0.15) is 39.5 Å². The van der Waals surface area contributed by atoms with Gasteiger partial charge in [0.25, 0.3) is 0 Å². The van der Waals surface area contributed by atoms with Crippen molar-refractivity contribution in [2.45, 2.75) is 51.2 Å². The van der Waals surface area contributed by atoms with E-state index in [4.69, 9.17) is 0 Å². The lowest BCUT2D eigenvalue weighted by Gasteiger charge is -2.36. The summed E-state index contributed by atoms with van der Waals surface area (Å²) in [4.78, 5) is 4.37. The van der Waals surface area contributed by atoms with Crippen LogP contribution < -0.4 is 5.32 Å². The highest BCUT2D eigenvalue weighted by Gasteiger charge is 2.31. The second-order valence-corrected chi connectivity index (χ2v) is 7.99. The van der Waals surface area contributed by atoms with E-state index in [2.05, 4.69) is 15.4 Å². The van der Waals surface area contributed by atoms with Gasteiger partial charge in [-0.3, -0.25) is 0 Å². The van der Waals surface area contributed by atoms with Gasteiger partial charge >= 0.3 is 0 Å². The van der Waals surface area contributed by atoms with Crippen LogP contribution in [0.2, 0.25) is 0 Å². The smallest absolute Gasteiger partial charge is 0.154 e. The predicted octanol–water partition coefficient (Wildman–Crippen LogP) is 4.28. The van der Waals surface area contributed by atoms with Crippen molar-refractivity contribution in [1.29, 1.82) is 0 Å². The molecule has 0 saturated heterocycles. The SMILES string of the molecule is CC(C)(O)[C@H]1CC[C@H](Nc2ccc3ncc(-c4cccc(F)c4)n3n2)CC1. The van der Waals surface area contributed by atoms with Gasteiger partial charge < -0.3 is 10.4 Å². The van der Waals surface area contributed by atoms with E-state index in [1.54, 1.807) is 16.8 Å². The average molecular weight is 368 g/mol. The molecule has 2 aromatic heterocycles. The molecule has 2 heterocycles. The number of nitrogens with zero attached hydrogens (tertiary/aromatic N) is 3. The molecule has 6 heteroatoms. The quantitative estimate of drug-likeness (QED) is 0.722. The minimum Gasteiger partial charge on any atom is -0.390 e. The summed E-state index contributed by atoms with van der Waals surface area (Å²) in [7, 11) is 0. The second kappa shape index (κ2) is 6.93. The maximum Gasteiger partial charge on any atom is 0.154 e. The minimum absolute atomic E-state index is 0.278. The number of benzene rings is 1. The first-order valence-electron chi connectivity index (χ1n) is 9.50. The summed E-state index contributed by atoms with van der Waals surface area (Å²) in [5, 5.41) is 18.4. The minimum atomic E-state index is -0.612. The number of hydrogen-bond donors (Lipinski definition) is 2. The average Bonchev–Trinajstić information content (AvgIpc) is 3.05. The molecule has 142 valence electrons. The first-order chi connectivity index (χ1) is 12.9. The van der Waals surface area contributed by atoms with Gasteiger partial charge in [0.05, 0.1) is 17.5 Å². The van der Waals surface area contributed by atoms with E-state index in [0.29, 0.717) is 12.0 Å². The van der Waals surface area contributed by atoms with Crippen LogP contribution in [0.3, 0.4) is 0 Å². The number of rotatable bonds is 4. The van der Waals surface area contributed by atoms with E-state index in [1.165, 1.54) is 12.1 Å². The first kappa shape index (κ1) is 17.9. The normalized spacial score (nSPS) is 20.7. The zero-order chi connectivity index (χ0) is 19.0. The van der Waals surface area contributed by atoms with Crippen molar-refractivity contribution in [3.63, 3.8) is 0 Å². The predicted molar refractivity (Wildman–Crippen MR) is 104 cm³/mol. The van der Waals surface area contributed by atoms with Gasteiger partial charge in [0.15, 0.2) is 5.65 Å². The fraction of sp³-hybridized carbons (Fsp3) is 0.429. The van der Waals surface area contributed by atoms with Crippen LogP contribution in [-0.2, 0) is 0 Å². The Labute approximate surface area is 158 Å². The van der Waals surface area contributed by atoms with Crippen LogP contribution in [0.4, 0.5) is 10.2 Å². The van der Waals surface area contributed by atoms with E-state index in [0.717, 1.165) is 48.4 Å². The molecule has 1 aliphatic rings. The number of fused-ring (bicyclic) bond motifs is 1. The van der Waals surface area contributed by atoms with Gasteiger partial charge in [-0.25, -0.2) is 13.9 Å².